The second-order valence-corrected chi connectivity index (χ2v) is 5.44. The van der Waals surface area contributed by atoms with Gasteiger partial charge in [0, 0.05) is 19.5 Å². The first-order valence-corrected chi connectivity index (χ1v) is 6.52. The summed E-state index contributed by atoms with van der Waals surface area (Å²) in [5, 5.41) is 11.3. The quantitative estimate of drug-likeness (QED) is 0.475. The monoisotopic (exact) mass is 300 g/mol. The van der Waals surface area contributed by atoms with E-state index in [4.69, 9.17) is 16.6 Å². The summed E-state index contributed by atoms with van der Waals surface area (Å²) in [4.78, 5) is 46.4. The molecule has 21 heavy (non-hydrogen) atoms. The van der Waals surface area contributed by atoms with Gasteiger partial charge in [-0.3, -0.25) is 9.59 Å². The Labute approximate surface area is 121 Å². The van der Waals surface area contributed by atoms with Gasteiger partial charge in [-0.25, -0.2) is 9.59 Å². The molecule has 0 spiro atoms. The van der Waals surface area contributed by atoms with Crippen molar-refractivity contribution < 1.29 is 24.3 Å². The number of likely N-dealkylation sites (tertiary alicyclic amines) is 1. The largest absolute Gasteiger partial charge is 0.480 e. The lowest BCUT2D eigenvalue weighted by molar-refractivity contribution is -0.139. The van der Waals surface area contributed by atoms with Gasteiger partial charge < -0.3 is 26.8 Å². The zero-order valence-corrected chi connectivity index (χ0v) is 11.8. The highest BCUT2D eigenvalue weighted by Gasteiger charge is 2.41. The second-order valence-electron chi connectivity index (χ2n) is 5.44. The molecule has 0 aromatic rings. The minimum Gasteiger partial charge on any atom is -0.480 e. The van der Waals surface area contributed by atoms with E-state index >= 15 is 0 Å². The van der Waals surface area contributed by atoms with Crippen molar-refractivity contribution in [2.24, 2.45) is 16.9 Å². The van der Waals surface area contributed by atoms with Crippen LogP contribution in [0.1, 0.15) is 26.2 Å². The molecule has 2 atom stereocenters. The highest BCUT2D eigenvalue weighted by atomic mass is 16.4. The van der Waals surface area contributed by atoms with Gasteiger partial charge in [0.1, 0.15) is 6.04 Å². The van der Waals surface area contributed by atoms with Crippen LogP contribution in [0.4, 0.5) is 4.79 Å². The number of urea groups is 1. The molecular formula is C12H20N4O5. The van der Waals surface area contributed by atoms with Crippen LogP contribution < -0.4 is 16.8 Å². The molecule has 0 aromatic carbocycles. The first kappa shape index (κ1) is 16.7. The van der Waals surface area contributed by atoms with Gasteiger partial charge in [-0.2, -0.15) is 0 Å². The predicted octanol–water partition coefficient (Wildman–Crippen LogP) is -1.39. The smallest absolute Gasteiger partial charge is 0.326 e. The van der Waals surface area contributed by atoms with Crippen molar-refractivity contribution in [3.8, 4) is 0 Å². The van der Waals surface area contributed by atoms with Gasteiger partial charge >= 0.3 is 12.0 Å². The number of nitrogens with two attached hydrogens (primary N) is 2. The molecule has 4 amide bonds. The molecule has 0 bridgehead atoms. The van der Waals surface area contributed by atoms with Gasteiger partial charge in [-0.1, -0.05) is 0 Å². The summed E-state index contributed by atoms with van der Waals surface area (Å²) in [7, 11) is 0. The first-order chi connectivity index (χ1) is 9.65. The van der Waals surface area contributed by atoms with Crippen molar-refractivity contribution in [1.82, 2.24) is 10.2 Å². The summed E-state index contributed by atoms with van der Waals surface area (Å²) in [6.07, 6.45) is 0.197. The number of aliphatic carboxylic acids is 1. The number of carboxylic acid groups (broad SMARTS) is 1. The number of carboxylic acids is 1. The van der Waals surface area contributed by atoms with E-state index in [1.165, 1.54) is 4.90 Å². The molecule has 1 aliphatic rings. The van der Waals surface area contributed by atoms with E-state index in [-0.39, 0.29) is 19.4 Å². The Morgan fingerprint density at radius 1 is 1.33 bits per heavy atom. The fourth-order valence-corrected chi connectivity index (χ4v) is 2.12. The standard InChI is InChI=1S/C12H20N4O5/c1-12(10(14)20)4-5-16(6-12)11(21)15-7(9(18)19)2-3-8(13)17/h7H,2-6H2,1H3,(H2,13,17)(H2,14,20)(H,15,21)(H,18,19)/t7-,12?/m1/s1. The number of rotatable bonds is 6. The van der Waals surface area contributed by atoms with Crippen LogP contribution in [0.2, 0.25) is 0 Å². The summed E-state index contributed by atoms with van der Waals surface area (Å²) >= 11 is 0. The summed E-state index contributed by atoms with van der Waals surface area (Å²) in [6.45, 7) is 2.11. The van der Waals surface area contributed by atoms with E-state index in [0.717, 1.165) is 0 Å². The van der Waals surface area contributed by atoms with Crippen molar-refractivity contribution in [3.05, 3.63) is 0 Å². The topological polar surface area (TPSA) is 156 Å². The first-order valence-electron chi connectivity index (χ1n) is 6.52. The SMILES string of the molecule is CC1(C(N)=O)CCN(C(=O)N[C@H](CCC(N)=O)C(=O)O)C1. The second kappa shape index (κ2) is 6.42. The minimum absolute atomic E-state index is 0.0860. The van der Waals surface area contributed by atoms with E-state index in [1.54, 1.807) is 6.92 Å². The molecule has 0 saturated carbocycles. The van der Waals surface area contributed by atoms with Crippen molar-refractivity contribution in [2.45, 2.75) is 32.2 Å². The molecule has 9 heteroatoms. The molecule has 1 unspecified atom stereocenters. The van der Waals surface area contributed by atoms with E-state index in [0.29, 0.717) is 13.0 Å². The Bertz CT molecular complexity index is 467. The van der Waals surface area contributed by atoms with Crippen LogP contribution in [0, 0.1) is 5.41 Å². The van der Waals surface area contributed by atoms with E-state index < -0.39 is 35.3 Å². The maximum atomic E-state index is 12.0. The lowest BCUT2D eigenvalue weighted by Crippen LogP contribution is -2.48. The van der Waals surface area contributed by atoms with Crippen molar-refractivity contribution in [3.63, 3.8) is 0 Å². The number of nitrogens with zero attached hydrogens (tertiary/aromatic N) is 1. The molecule has 1 saturated heterocycles. The highest BCUT2D eigenvalue weighted by molar-refractivity contribution is 5.85. The van der Waals surface area contributed by atoms with Gasteiger partial charge in [-0.05, 0) is 19.8 Å². The van der Waals surface area contributed by atoms with E-state index in [9.17, 15) is 19.2 Å². The Balaban J connectivity index is 2.61. The lowest BCUT2D eigenvalue weighted by atomic mass is 9.89. The minimum atomic E-state index is -1.25. The third kappa shape index (κ3) is 4.33. The molecular weight excluding hydrogens is 280 g/mol. The maximum Gasteiger partial charge on any atom is 0.326 e. The lowest BCUT2D eigenvalue weighted by Gasteiger charge is -2.23. The van der Waals surface area contributed by atoms with Crippen LogP contribution >= 0.6 is 0 Å². The number of amides is 4. The molecule has 9 nitrogen and oxygen atoms in total. The Morgan fingerprint density at radius 3 is 2.38 bits per heavy atom. The predicted molar refractivity (Wildman–Crippen MR) is 71.9 cm³/mol. The van der Waals surface area contributed by atoms with Gasteiger partial charge in [0.15, 0.2) is 0 Å². The maximum absolute atomic E-state index is 12.0. The number of hydrogen-bond donors (Lipinski definition) is 4. The summed E-state index contributed by atoms with van der Waals surface area (Å²) in [5.41, 5.74) is 9.44. The molecule has 0 radical (unpaired) electrons. The fourth-order valence-electron chi connectivity index (χ4n) is 2.12. The third-order valence-corrected chi connectivity index (χ3v) is 3.63. The van der Waals surface area contributed by atoms with Crippen LogP contribution in [0.5, 0.6) is 0 Å². The Kier molecular flexibility index (Phi) is 5.12. The fraction of sp³-hybridized carbons (Fsp3) is 0.667. The molecule has 0 aliphatic carbocycles. The van der Waals surface area contributed by atoms with Crippen LogP contribution in [0.25, 0.3) is 0 Å². The van der Waals surface area contributed by atoms with E-state index in [1.807, 2.05) is 0 Å². The molecule has 1 aliphatic heterocycles. The van der Waals surface area contributed by atoms with Gasteiger partial charge in [0.05, 0.1) is 5.41 Å². The summed E-state index contributed by atoms with van der Waals surface area (Å²) in [5.74, 6) is -2.39. The molecule has 0 aromatic heterocycles. The van der Waals surface area contributed by atoms with Crippen molar-refractivity contribution in [1.29, 1.82) is 0 Å². The van der Waals surface area contributed by atoms with Gasteiger partial charge in [-0.15, -0.1) is 0 Å². The summed E-state index contributed by atoms with van der Waals surface area (Å²) < 4.78 is 0. The van der Waals surface area contributed by atoms with Crippen LogP contribution in [-0.4, -0.2) is 53.0 Å². The van der Waals surface area contributed by atoms with Crippen LogP contribution in [-0.2, 0) is 14.4 Å². The van der Waals surface area contributed by atoms with E-state index in [2.05, 4.69) is 5.32 Å². The van der Waals surface area contributed by atoms with Crippen LogP contribution in [0.15, 0.2) is 0 Å². The van der Waals surface area contributed by atoms with Crippen molar-refractivity contribution in [2.75, 3.05) is 13.1 Å². The molecule has 1 heterocycles. The zero-order valence-electron chi connectivity index (χ0n) is 11.8. The number of carbonyl (C=O) groups is 4. The normalized spacial score (nSPS) is 22.6. The Hall–Kier alpha value is -2.32. The molecule has 6 N–H and O–H groups in total. The average molecular weight is 300 g/mol. The number of nitrogens with one attached hydrogen (secondary N) is 1. The van der Waals surface area contributed by atoms with Gasteiger partial charge in [0.25, 0.3) is 0 Å². The Morgan fingerprint density at radius 2 is 1.95 bits per heavy atom. The number of primary amides is 2. The zero-order chi connectivity index (χ0) is 16.2. The summed E-state index contributed by atoms with van der Waals surface area (Å²) in [6, 6.07) is -1.80. The molecule has 1 rings (SSSR count). The number of hydrogen-bond acceptors (Lipinski definition) is 4. The van der Waals surface area contributed by atoms with Gasteiger partial charge in [0.2, 0.25) is 11.8 Å². The van der Waals surface area contributed by atoms with Crippen LogP contribution in [0.3, 0.4) is 0 Å². The molecule has 1 fully saturated rings. The highest BCUT2D eigenvalue weighted by Crippen LogP contribution is 2.29. The average Bonchev–Trinajstić information content (AvgIpc) is 2.78. The molecule has 118 valence electrons. The number of carbonyl (C=O) groups excluding carboxylic acids is 3. The van der Waals surface area contributed by atoms with Crippen molar-refractivity contribution >= 4 is 23.8 Å². The third-order valence-electron chi connectivity index (χ3n) is 3.63.